The van der Waals surface area contributed by atoms with E-state index in [-0.39, 0.29) is 0 Å². The van der Waals surface area contributed by atoms with Crippen LogP contribution < -0.4 is 5.32 Å². The third-order valence-corrected chi connectivity index (χ3v) is 3.37. The van der Waals surface area contributed by atoms with Crippen LogP contribution in [0.3, 0.4) is 0 Å². The summed E-state index contributed by atoms with van der Waals surface area (Å²) in [4.78, 5) is 11.2. The molecule has 2 aromatic heterocycles. The van der Waals surface area contributed by atoms with Crippen LogP contribution in [0, 0.1) is 0 Å². The predicted octanol–water partition coefficient (Wildman–Crippen LogP) is 2.26. The normalized spacial score (nSPS) is 11.0. The lowest BCUT2D eigenvalue weighted by molar-refractivity contribution is 0.326. The van der Waals surface area contributed by atoms with Gasteiger partial charge in [0, 0.05) is 44.1 Å². The summed E-state index contributed by atoms with van der Waals surface area (Å²) in [5, 5.41) is 3.31. The molecule has 0 bridgehead atoms. The average Bonchev–Trinajstić information content (AvgIpc) is 2.53. The van der Waals surface area contributed by atoms with Gasteiger partial charge in [-0.25, -0.2) is 0 Å². The lowest BCUT2D eigenvalue weighted by Crippen LogP contribution is -2.21. The number of nitrogens with one attached hydrogen (secondary N) is 1. The molecule has 1 N–H and O–H groups in total. The maximum absolute atomic E-state index is 4.53. The molecule has 2 aromatic rings. The van der Waals surface area contributed by atoms with Crippen LogP contribution in [0.1, 0.15) is 23.9 Å². The van der Waals surface area contributed by atoms with Gasteiger partial charge < -0.3 is 10.2 Å². The molecule has 0 aliphatic heterocycles. The van der Waals surface area contributed by atoms with Crippen LogP contribution in [0.5, 0.6) is 0 Å². The van der Waals surface area contributed by atoms with Crippen LogP contribution in [0.2, 0.25) is 0 Å². The Kier molecular flexibility index (Phi) is 6.31. The summed E-state index contributed by atoms with van der Waals surface area (Å²) < 4.78 is 0. The molecule has 0 amide bonds. The van der Waals surface area contributed by atoms with E-state index in [2.05, 4.69) is 52.4 Å². The van der Waals surface area contributed by atoms with Gasteiger partial charge in [0.1, 0.15) is 0 Å². The lowest BCUT2D eigenvalue weighted by atomic mass is 10.2. The molecular weight excluding hydrogens is 260 g/mol. The Labute approximate surface area is 127 Å². The summed E-state index contributed by atoms with van der Waals surface area (Å²) in [5.41, 5.74) is 3.48. The first-order valence-electron chi connectivity index (χ1n) is 7.51. The number of likely N-dealkylation sites (N-methyl/N-ethyl adjacent to an activating group) is 1. The summed E-state index contributed by atoms with van der Waals surface area (Å²) >= 11 is 0. The zero-order chi connectivity index (χ0) is 14.9. The van der Waals surface area contributed by atoms with E-state index in [0.29, 0.717) is 0 Å². The van der Waals surface area contributed by atoms with E-state index in [4.69, 9.17) is 0 Å². The molecule has 2 heterocycles. The Morgan fingerprint density at radius 1 is 1.10 bits per heavy atom. The summed E-state index contributed by atoms with van der Waals surface area (Å²) in [6.45, 7) is 5.84. The second-order valence-corrected chi connectivity index (χ2v) is 5.25. The molecule has 21 heavy (non-hydrogen) atoms. The minimum absolute atomic E-state index is 0.869. The second-order valence-electron chi connectivity index (χ2n) is 5.25. The van der Waals surface area contributed by atoms with Gasteiger partial charge in [-0.3, -0.25) is 9.97 Å². The van der Waals surface area contributed by atoms with Gasteiger partial charge >= 0.3 is 0 Å². The minimum Gasteiger partial charge on any atom is -0.313 e. The van der Waals surface area contributed by atoms with Gasteiger partial charge in [-0.2, -0.15) is 0 Å². The summed E-state index contributed by atoms with van der Waals surface area (Å²) in [5.74, 6) is 0. The Morgan fingerprint density at radius 3 is 2.67 bits per heavy atom. The fourth-order valence-corrected chi connectivity index (χ4v) is 2.13. The van der Waals surface area contributed by atoms with Crippen molar-refractivity contribution in [3.8, 4) is 0 Å². The minimum atomic E-state index is 0.869. The number of hydrogen-bond donors (Lipinski definition) is 1. The number of aromatic nitrogens is 2. The third-order valence-electron chi connectivity index (χ3n) is 3.37. The Balaban J connectivity index is 1.78. The van der Waals surface area contributed by atoms with Crippen molar-refractivity contribution < 1.29 is 0 Å². The Hall–Kier alpha value is -1.78. The molecule has 112 valence electrons. The van der Waals surface area contributed by atoms with E-state index < -0.39 is 0 Å². The van der Waals surface area contributed by atoms with Gasteiger partial charge in [0.05, 0.1) is 5.69 Å². The molecule has 0 aliphatic rings. The van der Waals surface area contributed by atoms with Crippen LogP contribution >= 0.6 is 0 Å². The van der Waals surface area contributed by atoms with Gasteiger partial charge in [0.2, 0.25) is 0 Å². The zero-order valence-electron chi connectivity index (χ0n) is 12.9. The molecule has 0 spiro atoms. The molecule has 0 saturated carbocycles. The molecule has 2 rings (SSSR count). The summed E-state index contributed by atoms with van der Waals surface area (Å²) in [6, 6.07) is 10.3. The first-order chi connectivity index (χ1) is 10.3. The lowest BCUT2D eigenvalue weighted by Gasteiger charge is -2.16. The monoisotopic (exact) mass is 284 g/mol. The van der Waals surface area contributed by atoms with Crippen molar-refractivity contribution in [2.75, 3.05) is 20.1 Å². The topological polar surface area (TPSA) is 41.0 Å². The molecule has 0 saturated heterocycles. The van der Waals surface area contributed by atoms with E-state index in [1.54, 1.807) is 0 Å². The highest BCUT2D eigenvalue weighted by molar-refractivity contribution is 5.14. The van der Waals surface area contributed by atoms with Crippen LogP contribution in [-0.2, 0) is 19.5 Å². The van der Waals surface area contributed by atoms with Crippen molar-refractivity contribution in [2.45, 2.75) is 26.4 Å². The number of hydrogen-bond acceptors (Lipinski definition) is 4. The predicted molar refractivity (Wildman–Crippen MR) is 85.9 cm³/mol. The fourth-order valence-electron chi connectivity index (χ4n) is 2.13. The van der Waals surface area contributed by atoms with Gasteiger partial charge in [-0.15, -0.1) is 0 Å². The van der Waals surface area contributed by atoms with Gasteiger partial charge in [0.25, 0.3) is 0 Å². The first kappa shape index (κ1) is 15.6. The molecular formula is C17H24N4. The highest BCUT2D eigenvalue weighted by Gasteiger charge is 2.03. The van der Waals surface area contributed by atoms with E-state index in [0.717, 1.165) is 44.0 Å². The highest BCUT2D eigenvalue weighted by atomic mass is 15.1. The van der Waals surface area contributed by atoms with Gasteiger partial charge in [-0.1, -0.05) is 19.1 Å². The van der Waals surface area contributed by atoms with Crippen LogP contribution in [0.4, 0.5) is 0 Å². The molecule has 0 fully saturated rings. The van der Waals surface area contributed by atoms with Crippen molar-refractivity contribution in [3.63, 3.8) is 0 Å². The maximum Gasteiger partial charge on any atom is 0.0544 e. The quantitative estimate of drug-likeness (QED) is 0.807. The molecule has 4 heteroatoms. The van der Waals surface area contributed by atoms with Crippen LogP contribution in [-0.4, -0.2) is 35.0 Å². The molecule has 0 radical (unpaired) electrons. The van der Waals surface area contributed by atoms with Gasteiger partial charge in [0.15, 0.2) is 0 Å². The van der Waals surface area contributed by atoms with Crippen molar-refractivity contribution >= 4 is 0 Å². The molecule has 4 nitrogen and oxygen atoms in total. The van der Waals surface area contributed by atoms with E-state index in [1.165, 1.54) is 5.56 Å². The molecule has 0 unspecified atom stereocenters. The molecule has 0 aliphatic carbocycles. The largest absolute Gasteiger partial charge is 0.313 e. The van der Waals surface area contributed by atoms with E-state index >= 15 is 0 Å². The second kappa shape index (κ2) is 8.49. The van der Waals surface area contributed by atoms with E-state index in [1.807, 2.05) is 24.5 Å². The summed E-state index contributed by atoms with van der Waals surface area (Å²) in [7, 11) is 2.12. The van der Waals surface area contributed by atoms with Crippen LogP contribution in [0.25, 0.3) is 0 Å². The number of nitrogens with zero attached hydrogens (tertiary/aromatic N) is 3. The first-order valence-corrected chi connectivity index (χ1v) is 7.51. The van der Waals surface area contributed by atoms with E-state index in [9.17, 15) is 0 Å². The average molecular weight is 284 g/mol. The summed E-state index contributed by atoms with van der Waals surface area (Å²) in [6.07, 6.45) is 4.78. The third kappa shape index (κ3) is 5.61. The molecule has 0 aromatic carbocycles. The van der Waals surface area contributed by atoms with Crippen molar-refractivity contribution in [1.82, 2.24) is 20.2 Å². The van der Waals surface area contributed by atoms with Crippen molar-refractivity contribution in [1.29, 1.82) is 0 Å². The Morgan fingerprint density at radius 2 is 2.00 bits per heavy atom. The van der Waals surface area contributed by atoms with Crippen molar-refractivity contribution in [3.05, 3.63) is 59.7 Å². The van der Waals surface area contributed by atoms with Gasteiger partial charge in [-0.05, 0) is 37.4 Å². The fraction of sp³-hybridized carbons (Fsp3) is 0.412. The molecule has 0 atom stereocenters. The Bertz CT molecular complexity index is 510. The zero-order valence-corrected chi connectivity index (χ0v) is 12.9. The van der Waals surface area contributed by atoms with Crippen LogP contribution in [0.15, 0.2) is 42.7 Å². The van der Waals surface area contributed by atoms with Crippen molar-refractivity contribution in [2.24, 2.45) is 0 Å². The standard InChI is InChI=1S/C17H24N4/c1-3-18-12-15-7-8-17(20-13-15)14-21(2)11-9-16-6-4-5-10-19-16/h4-8,10,13,18H,3,9,11-12,14H2,1-2H3. The smallest absolute Gasteiger partial charge is 0.0544 e. The highest BCUT2D eigenvalue weighted by Crippen LogP contribution is 2.04. The number of pyridine rings is 2. The SMILES string of the molecule is CCNCc1ccc(CN(C)CCc2ccccn2)nc1. The number of rotatable bonds is 8. The maximum atomic E-state index is 4.53.